The van der Waals surface area contributed by atoms with Gasteiger partial charge in [-0.3, -0.25) is 0 Å². The first-order valence-corrected chi connectivity index (χ1v) is 8.49. The smallest absolute Gasteiger partial charge is 0.319 e. The Kier molecular flexibility index (Phi) is 5.04. The number of carbonyl (C=O) groups is 1. The predicted molar refractivity (Wildman–Crippen MR) is 96.6 cm³/mol. The summed E-state index contributed by atoms with van der Waals surface area (Å²) in [6.45, 7) is 2.01. The maximum Gasteiger partial charge on any atom is 0.319 e. The van der Waals surface area contributed by atoms with Crippen LogP contribution in [0.2, 0.25) is 0 Å². The number of hydrogen-bond acceptors (Lipinski definition) is 2. The fraction of sp³-hybridized carbons (Fsp3) is 0.350. The van der Waals surface area contributed by atoms with Gasteiger partial charge < -0.3 is 15.4 Å². The number of carbonyl (C=O) groups excluding carboxylic acids is 1. The van der Waals surface area contributed by atoms with E-state index in [0.29, 0.717) is 5.69 Å². The molecule has 2 amide bonds. The van der Waals surface area contributed by atoms with E-state index in [1.165, 1.54) is 30.4 Å². The normalized spacial score (nSPS) is 14.4. The lowest BCUT2D eigenvalue weighted by atomic mass is 9.89. The Bertz CT molecular complexity index is 727. The molecule has 0 aromatic heterocycles. The molecule has 1 unspecified atom stereocenters. The number of ether oxygens (including phenoxy) is 1. The SMILES string of the molecule is COc1cccc(NC(=O)NC(C)c2ccc3c(c2)CCCC3)c1. The van der Waals surface area contributed by atoms with Crippen LogP contribution >= 0.6 is 0 Å². The highest BCUT2D eigenvalue weighted by Gasteiger charge is 2.14. The van der Waals surface area contributed by atoms with Crippen molar-refractivity contribution in [1.29, 1.82) is 0 Å². The molecule has 0 heterocycles. The van der Waals surface area contributed by atoms with Crippen molar-refractivity contribution < 1.29 is 9.53 Å². The molecule has 1 aliphatic rings. The highest BCUT2D eigenvalue weighted by Crippen LogP contribution is 2.25. The summed E-state index contributed by atoms with van der Waals surface area (Å²) >= 11 is 0. The molecule has 2 N–H and O–H groups in total. The molecule has 1 atom stereocenters. The Morgan fingerprint density at radius 1 is 1.08 bits per heavy atom. The molecule has 3 rings (SSSR count). The number of aryl methyl sites for hydroxylation is 2. The molecule has 4 heteroatoms. The highest BCUT2D eigenvalue weighted by atomic mass is 16.5. The first kappa shape index (κ1) is 16.4. The van der Waals surface area contributed by atoms with Crippen LogP contribution in [0.4, 0.5) is 10.5 Å². The monoisotopic (exact) mass is 324 g/mol. The van der Waals surface area contributed by atoms with Gasteiger partial charge in [-0.15, -0.1) is 0 Å². The van der Waals surface area contributed by atoms with Crippen LogP contribution in [0, 0.1) is 0 Å². The number of rotatable bonds is 4. The van der Waals surface area contributed by atoms with Crippen LogP contribution in [-0.2, 0) is 12.8 Å². The standard InChI is InChI=1S/C20H24N2O2/c1-14(16-11-10-15-6-3-4-7-17(15)12-16)21-20(23)22-18-8-5-9-19(13-18)24-2/h5,8-14H,3-4,6-7H2,1-2H3,(H2,21,22,23). The molecule has 4 nitrogen and oxygen atoms in total. The van der Waals surface area contributed by atoms with Gasteiger partial charge in [-0.05, 0) is 61.4 Å². The molecule has 0 bridgehead atoms. The summed E-state index contributed by atoms with van der Waals surface area (Å²) in [6, 6.07) is 13.7. The molecule has 126 valence electrons. The van der Waals surface area contributed by atoms with Crippen LogP contribution in [-0.4, -0.2) is 13.1 Å². The van der Waals surface area contributed by atoms with E-state index in [-0.39, 0.29) is 12.1 Å². The molecule has 1 aliphatic carbocycles. The lowest BCUT2D eigenvalue weighted by Gasteiger charge is -2.20. The van der Waals surface area contributed by atoms with Gasteiger partial charge in [-0.25, -0.2) is 4.79 Å². The minimum Gasteiger partial charge on any atom is -0.497 e. The molecule has 0 saturated heterocycles. The first-order chi connectivity index (χ1) is 11.7. The van der Waals surface area contributed by atoms with Gasteiger partial charge in [0.1, 0.15) is 5.75 Å². The number of amides is 2. The minimum absolute atomic E-state index is 0.0390. The van der Waals surface area contributed by atoms with Crippen LogP contribution in [0.5, 0.6) is 5.75 Å². The van der Waals surface area contributed by atoms with Crippen LogP contribution in [0.3, 0.4) is 0 Å². The molecule has 0 fully saturated rings. The van der Waals surface area contributed by atoms with Crippen molar-refractivity contribution in [1.82, 2.24) is 5.32 Å². The van der Waals surface area contributed by atoms with E-state index in [9.17, 15) is 4.79 Å². The zero-order valence-corrected chi connectivity index (χ0v) is 14.3. The maximum atomic E-state index is 12.2. The Morgan fingerprint density at radius 2 is 1.88 bits per heavy atom. The largest absolute Gasteiger partial charge is 0.497 e. The van der Waals surface area contributed by atoms with Gasteiger partial charge >= 0.3 is 6.03 Å². The van der Waals surface area contributed by atoms with Gasteiger partial charge in [0.25, 0.3) is 0 Å². The van der Waals surface area contributed by atoms with E-state index in [0.717, 1.165) is 17.7 Å². The molecule has 2 aromatic rings. The van der Waals surface area contributed by atoms with Gasteiger partial charge in [-0.1, -0.05) is 24.3 Å². The fourth-order valence-corrected chi connectivity index (χ4v) is 3.17. The minimum atomic E-state index is -0.214. The second-order valence-electron chi connectivity index (χ2n) is 6.29. The third-order valence-electron chi connectivity index (χ3n) is 4.55. The molecular weight excluding hydrogens is 300 g/mol. The average Bonchev–Trinajstić information content (AvgIpc) is 2.61. The van der Waals surface area contributed by atoms with E-state index < -0.39 is 0 Å². The zero-order valence-electron chi connectivity index (χ0n) is 14.3. The summed E-state index contributed by atoms with van der Waals surface area (Å²) in [5, 5.41) is 5.85. The van der Waals surface area contributed by atoms with Crippen molar-refractivity contribution in [2.75, 3.05) is 12.4 Å². The Balaban J connectivity index is 1.63. The molecule has 0 spiro atoms. The van der Waals surface area contributed by atoms with E-state index in [2.05, 4.69) is 28.8 Å². The van der Waals surface area contributed by atoms with Crippen molar-refractivity contribution in [3.8, 4) is 5.75 Å². The predicted octanol–water partition coefficient (Wildman–Crippen LogP) is 4.46. The number of hydrogen-bond donors (Lipinski definition) is 2. The zero-order chi connectivity index (χ0) is 16.9. The third-order valence-corrected chi connectivity index (χ3v) is 4.55. The van der Waals surface area contributed by atoms with E-state index in [4.69, 9.17) is 4.74 Å². The second kappa shape index (κ2) is 7.39. The van der Waals surface area contributed by atoms with Gasteiger partial charge in [0.05, 0.1) is 13.2 Å². The summed E-state index contributed by atoms with van der Waals surface area (Å²) in [4.78, 5) is 12.2. The van der Waals surface area contributed by atoms with Crippen molar-refractivity contribution in [3.63, 3.8) is 0 Å². The summed E-state index contributed by atoms with van der Waals surface area (Å²) in [6.07, 6.45) is 4.86. The molecule has 24 heavy (non-hydrogen) atoms. The Labute approximate surface area is 143 Å². The molecular formula is C20H24N2O2. The van der Waals surface area contributed by atoms with Gasteiger partial charge in [0.15, 0.2) is 0 Å². The second-order valence-corrected chi connectivity index (χ2v) is 6.29. The van der Waals surface area contributed by atoms with Crippen LogP contribution < -0.4 is 15.4 Å². The van der Waals surface area contributed by atoms with E-state index >= 15 is 0 Å². The summed E-state index contributed by atoms with van der Waals surface area (Å²) in [7, 11) is 1.61. The quantitative estimate of drug-likeness (QED) is 0.872. The molecule has 0 saturated carbocycles. The fourth-order valence-electron chi connectivity index (χ4n) is 3.17. The van der Waals surface area contributed by atoms with Gasteiger partial charge in [-0.2, -0.15) is 0 Å². The average molecular weight is 324 g/mol. The number of fused-ring (bicyclic) bond motifs is 1. The van der Waals surface area contributed by atoms with Gasteiger partial charge in [0.2, 0.25) is 0 Å². The van der Waals surface area contributed by atoms with Crippen LogP contribution in [0.25, 0.3) is 0 Å². The number of anilines is 1. The highest BCUT2D eigenvalue weighted by molar-refractivity contribution is 5.89. The number of benzene rings is 2. The Morgan fingerprint density at radius 3 is 2.67 bits per heavy atom. The number of urea groups is 1. The van der Waals surface area contributed by atoms with Gasteiger partial charge in [0, 0.05) is 11.8 Å². The summed E-state index contributed by atoms with van der Waals surface area (Å²) in [5.74, 6) is 0.718. The van der Waals surface area contributed by atoms with Crippen molar-refractivity contribution in [2.24, 2.45) is 0 Å². The van der Waals surface area contributed by atoms with Crippen molar-refractivity contribution >= 4 is 11.7 Å². The molecule has 2 aromatic carbocycles. The van der Waals surface area contributed by atoms with Crippen molar-refractivity contribution in [3.05, 3.63) is 59.2 Å². The summed E-state index contributed by atoms with van der Waals surface area (Å²) < 4.78 is 5.17. The third kappa shape index (κ3) is 3.88. The van der Waals surface area contributed by atoms with Crippen LogP contribution in [0.15, 0.2) is 42.5 Å². The van der Waals surface area contributed by atoms with Crippen molar-refractivity contribution in [2.45, 2.75) is 38.6 Å². The maximum absolute atomic E-state index is 12.2. The molecule has 0 aliphatic heterocycles. The topological polar surface area (TPSA) is 50.4 Å². The Hall–Kier alpha value is -2.49. The van der Waals surface area contributed by atoms with E-state index in [1.807, 2.05) is 25.1 Å². The number of nitrogens with one attached hydrogen (secondary N) is 2. The lowest BCUT2D eigenvalue weighted by Crippen LogP contribution is -2.31. The summed E-state index contributed by atoms with van der Waals surface area (Å²) in [5.41, 5.74) is 4.75. The molecule has 0 radical (unpaired) electrons. The lowest BCUT2D eigenvalue weighted by molar-refractivity contribution is 0.249. The first-order valence-electron chi connectivity index (χ1n) is 8.49. The van der Waals surface area contributed by atoms with Crippen LogP contribution in [0.1, 0.15) is 42.5 Å². The van der Waals surface area contributed by atoms with E-state index in [1.54, 1.807) is 13.2 Å². The number of methoxy groups -OCH3 is 1.